The summed E-state index contributed by atoms with van der Waals surface area (Å²) in [6.07, 6.45) is 13.8. The molecule has 2 N–H and O–H groups in total. The third kappa shape index (κ3) is 6.51. The van der Waals surface area contributed by atoms with Crippen molar-refractivity contribution in [3.05, 3.63) is 0 Å². The summed E-state index contributed by atoms with van der Waals surface area (Å²) in [5.41, 5.74) is 0. The maximum absolute atomic E-state index is 4.44. The van der Waals surface area contributed by atoms with Crippen molar-refractivity contribution in [3.63, 3.8) is 0 Å². The molecule has 1 aliphatic heterocycles. The maximum atomic E-state index is 4.44. The van der Waals surface area contributed by atoms with Crippen LogP contribution in [-0.4, -0.2) is 74.2 Å². The van der Waals surface area contributed by atoms with Gasteiger partial charge in [0.25, 0.3) is 0 Å². The minimum absolute atomic E-state index is 0. The zero-order valence-corrected chi connectivity index (χ0v) is 19.2. The van der Waals surface area contributed by atoms with E-state index in [1.807, 2.05) is 7.05 Å². The van der Waals surface area contributed by atoms with Crippen molar-refractivity contribution < 1.29 is 0 Å². The van der Waals surface area contributed by atoms with Crippen LogP contribution in [0.5, 0.6) is 0 Å². The molecular formula is C20H40IN5. The number of piperidine rings is 1. The van der Waals surface area contributed by atoms with Crippen molar-refractivity contribution in [2.24, 2.45) is 4.99 Å². The standard InChI is InChI=1S/C20H39N5.HI/c1-21-20(22-13-16-24(2)18-7-3-4-8-18)23-17-11-14-25(15-12-17)19-9-5-6-10-19;/h17-19H,3-16H2,1-2H3,(H2,21,22,23);1H. The number of aliphatic imine (C=N–C) groups is 1. The lowest BCUT2D eigenvalue weighted by Gasteiger charge is -2.36. The highest BCUT2D eigenvalue weighted by Gasteiger charge is 2.27. The van der Waals surface area contributed by atoms with Crippen molar-refractivity contribution in [2.75, 3.05) is 40.3 Å². The van der Waals surface area contributed by atoms with Crippen molar-refractivity contribution >= 4 is 29.9 Å². The van der Waals surface area contributed by atoms with E-state index >= 15 is 0 Å². The van der Waals surface area contributed by atoms with Crippen molar-refractivity contribution in [1.29, 1.82) is 0 Å². The molecule has 5 nitrogen and oxygen atoms in total. The van der Waals surface area contributed by atoms with Gasteiger partial charge in [0.05, 0.1) is 0 Å². The van der Waals surface area contributed by atoms with Crippen LogP contribution in [-0.2, 0) is 0 Å². The Bertz CT molecular complexity index is 410. The topological polar surface area (TPSA) is 42.9 Å². The molecule has 26 heavy (non-hydrogen) atoms. The van der Waals surface area contributed by atoms with Gasteiger partial charge >= 0.3 is 0 Å². The minimum atomic E-state index is 0. The highest BCUT2D eigenvalue weighted by molar-refractivity contribution is 14.0. The van der Waals surface area contributed by atoms with Crippen molar-refractivity contribution in [1.82, 2.24) is 20.4 Å². The lowest BCUT2D eigenvalue weighted by Crippen LogP contribution is -2.51. The van der Waals surface area contributed by atoms with E-state index in [0.29, 0.717) is 6.04 Å². The van der Waals surface area contributed by atoms with E-state index in [-0.39, 0.29) is 24.0 Å². The van der Waals surface area contributed by atoms with Gasteiger partial charge in [0.15, 0.2) is 5.96 Å². The highest BCUT2D eigenvalue weighted by Crippen LogP contribution is 2.26. The Hall–Kier alpha value is -0.0800. The number of hydrogen-bond donors (Lipinski definition) is 2. The highest BCUT2D eigenvalue weighted by atomic mass is 127. The predicted octanol–water partition coefficient (Wildman–Crippen LogP) is 3.05. The first-order valence-electron chi connectivity index (χ1n) is 10.7. The predicted molar refractivity (Wildman–Crippen MR) is 122 cm³/mol. The molecule has 2 aliphatic carbocycles. The Morgan fingerprint density at radius 1 is 1.00 bits per heavy atom. The zero-order valence-electron chi connectivity index (χ0n) is 16.9. The van der Waals surface area contributed by atoms with E-state index < -0.39 is 0 Å². The van der Waals surface area contributed by atoms with E-state index in [4.69, 9.17) is 0 Å². The number of likely N-dealkylation sites (N-methyl/N-ethyl adjacent to an activating group) is 1. The molecule has 0 amide bonds. The Kier molecular flexibility index (Phi) is 9.99. The lowest BCUT2D eigenvalue weighted by molar-refractivity contribution is 0.150. The van der Waals surface area contributed by atoms with Gasteiger partial charge in [-0.1, -0.05) is 25.7 Å². The SMILES string of the molecule is CN=C(NCCN(C)C1CCCC1)NC1CCN(C2CCCC2)CC1.I. The average molecular weight is 477 g/mol. The Balaban J connectivity index is 0.00000243. The van der Waals surface area contributed by atoms with Gasteiger partial charge in [-0.05, 0) is 45.6 Å². The maximum Gasteiger partial charge on any atom is 0.191 e. The molecule has 0 spiro atoms. The second-order valence-corrected chi connectivity index (χ2v) is 8.31. The third-order valence-corrected chi connectivity index (χ3v) is 6.64. The fourth-order valence-corrected chi connectivity index (χ4v) is 4.94. The summed E-state index contributed by atoms with van der Waals surface area (Å²) >= 11 is 0. The molecule has 3 aliphatic rings. The average Bonchev–Trinajstić information content (AvgIpc) is 3.35. The van der Waals surface area contributed by atoms with Gasteiger partial charge in [-0.15, -0.1) is 24.0 Å². The lowest BCUT2D eigenvalue weighted by atomic mass is 10.0. The molecule has 3 fully saturated rings. The first kappa shape index (κ1) is 22.2. The summed E-state index contributed by atoms with van der Waals surface area (Å²) in [6, 6.07) is 2.26. The number of likely N-dealkylation sites (tertiary alicyclic amines) is 1. The van der Waals surface area contributed by atoms with E-state index in [0.717, 1.165) is 31.1 Å². The van der Waals surface area contributed by atoms with Gasteiger partial charge in [0.2, 0.25) is 0 Å². The largest absolute Gasteiger partial charge is 0.355 e. The molecule has 0 aromatic carbocycles. The number of guanidine groups is 1. The molecule has 0 bridgehead atoms. The zero-order chi connectivity index (χ0) is 17.5. The summed E-state index contributed by atoms with van der Waals surface area (Å²) in [5.74, 6) is 0.985. The number of nitrogens with one attached hydrogen (secondary N) is 2. The van der Waals surface area contributed by atoms with E-state index in [1.165, 1.54) is 77.3 Å². The van der Waals surface area contributed by atoms with Crippen LogP contribution in [0.4, 0.5) is 0 Å². The van der Waals surface area contributed by atoms with Crippen LogP contribution in [0, 0.1) is 0 Å². The van der Waals surface area contributed by atoms with Gasteiger partial charge < -0.3 is 20.4 Å². The third-order valence-electron chi connectivity index (χ3n) is 6.64. The summed E-state index contributed by atoms with van der Waals surface area (Å²) in [6.45, 7) is 4.59. The van der Waals surface area contributed by atoms with Crippen LogP contribution in [0.25, 0.3) is 0 Å². The second-order valence-electron chi connectivity index (χ2n) is 8.31. The molecule has 2 saturated carbocycles. The summed E-state index contributed by atoms with van der Waals surface area (Å²) < 4.78 is 0. The van der Waals surface area contributed by atoms with Crippen LogP contribution < -0.4 is 10.6 Å². The molecule has 0 unspecified atom stereocenters. The second kappa shape index (κ2) is 11.7. The van der Waals surface area contributed by atoms with Crippen LogP contribution in [0.2, 0.25) is 0 Å². The van der Waals surface area contributed by atoms with Gasteiger partial charge in [-0.2, -0.15) is 0 Å². The van der Waals surface area contributed by atoms with Gasteiger partial charge in [-0.25, -0.2) is 0 Å². The number of hydrogen-bond acceptors (Lipinski definition) is 3. The first-order chi connectivity index (χ1) is 12.3. The van der Waals surface area contributed by atoms with Crippen LogP contribution >= 0.6 is 24.0 Å². The normalized spacial score (nSPS) is 24.2. The molecule has 1 saturated heterocycles. The number of nitrogens with zero attached hydrogens (tertiary/aromatic N) is 3. The summed E-state index contributed by atoms with van der Waals surface area (Å²) in [5, 5.41) is 7.17. The molecule has 0 aromatic heterocycles. The van der Waals surface area contributed by atoms with Gasteiger partial charge in [0, 0.05) is 51.4 Å². The van der Waals surface area contributed by atoms with E-state index in [2.05, 4.69) is 32.5 Å². The molecule has 1 heterocycles. The molecule has 6 heteroatoms. The Morgan fingerprint density at radius 2 is 1.62 bits per heavy atom. The van der Waals surface area contributed by atoms with Crippen LogP contribution in [0.15, 0.2) is 4.99 Å². The minimum Gasteiger partial charge on any atom is -0.355 e. The number of rotatable bonds is 6. The van der Waals surface area contributed by atoms with E-state index in [9.17, 15) is 0 Å². The smallest absolute Gasteiger partial charge is 0.191 e. The van der Waals surface area contributed by atoms with Gasteiger partial charge in [0.1, 0.15) is 0 Å². The van der Waals surface area contributed by atoms with E-state index in [1.54, 1.807) is 0 Å². The van der Waals surface area contributed by atoms with Crippen molar-refractivity contribution in [3.8, 4) is 0 Å². The molecule has 0 atom stereocenters. The van der Waals surface area contributed by atoms with Crippen LogP contribution in [0.3, 0.4) is 0 Å². The fourth-order valence-electron chi connectivity index (χ4n) is 4.94. The Labute approximate surface area is 177 Å². The monoisotopic (exact) mass is 477 g/mol. The molecule has 152 valence electrons. The van der Waals surface area contributed by atoms with Gasteiger partial charge in [-0.3, -0.25) is 4.99 Å². The molecule has 0 aromatic rings. The fraction of sp³-hybridized carbons (Fsp3) is 0.950. The first-order valence-corrected chi connectivity index (χ1v) is 10.7. The summed E-state index contributed by atoms with van der Waals surface area (Å²) in [4.78, 5) is 9.69. The van der Waals surface area contributed by atoms with Crippen molar-refractivity contribution in [2.45, 2.75) is 82.3 Å². The quantitative estimate of drug-likeness (QED) is 0.351. The molecule has 0 radical (unpaired) electrons. The van der Waals surface area contributed by atoms with Crippen LogP contribution in [0.1, 0.15) is 64.2 Å². The number of halogens is 1. The summed E-state index contributed by atoms with van der Waals surface area (Å²) in [7, 11) is 4.16. The molecule has 3 rings (SSSR count). The Morgan fingerprint density at radius 3 is 2.23 bits per heavy atom. The molecular weight excluding hydrogens is 437 g/mol.